The molecule has 9 heteroatoms. The lowest BCUT2D eigenvalue weighted by Crippen LogP contribution is -2.49. The molecule has 2 aromatic rings. The number of nitrogens with one attached hydrogen (secondary N) is 2. The van der Waals surface area contributed by atoms with Crippen LogP contribution in [0.5, 0.6) is 5.75 Å². The molecule has 2 N–H and O–H groups in total. The van der Waals surface area contributed by atoms with Crippen LogP contribution in [0.15, 0.2) is 42.5 Å². The molecule has 0 unspecified atom stereocenters. The number of methoxy groups -OCH3 is 1. The molecule has 2 aromatic carbocycles. The molecular weight excluding hydrogens is 448 g/mol. The van der Waals surface area contributed by atoms with Crippen molar-refractivity contribution in [3.05, 3.63) is 53.1 Å². The van der Waals surface area contributed by atoms with Gasteiger partial charge >= 0.3 is 0 Å². The van der Waals surface area contributed by atoms with E-state index in [0.29, 0.717) is 16.3 Å². The summed E-state index contributed by atoms with van der Waals surface area (Å²) in [5, 5.41) is 6.26. The van der Waals surface area contributed by atoms with Crippen LogP contribution in [0.1, 0.15) is 24.2 Å². The van der Waals surface area contributed by atoms with E-state index in [2.05, 4.69) is 15.5 Å². The number of rotatable bonds is 5. The van der Waals surface area contributed by atoms with Crippen LogP contribution in [0.2, 0.25) is 5.02 Å². The quantitative estimate of drug-likeness (QED) is 0.642. The van der Waals surface area contributed by atoms with Crippen LogP contribution in [0.3, 0.4) is 0 Å². The number of nitrogens with zero attached hydrogens (tertiary/aromatic N) is 2. The zero-order valence-corrected chi connectivity index (χ0v) is 19.9. The van der Waals surface area contributed by atoms with Crippen molar-refractivity contribution in [2.75, 3.05) is 43.5 Å². The molecule has 0 aliphatic carbocycles. The summed E-state index contributed by atoms with van der Waals surface area (Å²) in [6.07, 6.45) is 0. The minimum absolute atomic E-state index is 0.0243. The van der Waals surface area contributed by atoms with E-state index < -0.39 is 5.91 Å². The zero-order valence-electron chi connectivity index (χ0n) is 18.4. The molecule has 1 aliphatic rings. The van der Waals surface area contributed by atoms with Gasteiger partial charge in [-0.25, -0.2) is 0 Å². The van der Waals surface area contributed by atoms with Crippen molar-refractivity contribution in [3.8, 4) is 5.75 Å². The summed E-state index contributed by atoms with van der Waals surface area (Å²) in [4.78, 5) is 28.9. The van der Waals surface area contributed by atoms with Gasteiger partial charge in [0, 0.05) is 48.5 Å². The first-order valence-corrected chi connectivity index (χ1v) is 11.2. The summed E-state index contributed by atoms with van der Waals surface area (Å²) in [5.41, 5.74) is 2.13. The summed E-state index contributed by atoms with van der Waals surface area (Å²) in [5.74, 6) is 0.230. The normalized spacial score (nSPS) is 13.7. The third kappa shape index (κ3) is 5.89. The van der Waals surface area contributed by atoms with Gasteiger partial charge in [0.05, 0.1) is 12.7 Å². The molecule has 2 amide bonds. The Balaban J connectivity index is 1.55. The molecule has 3 rings (SSSR count). The Morgan fingerprint density at radius 3 is 2.31 bits per heavy atom. The number of carbonyl (C=O) groups excluding carboxylic acids is 2. The van der Waals surface area contributed by atoms with Gasteiger partial charge < -0.3 is 19.9 Å². The van der Waals surface area contributed by atoms with Gasteiger partial charge in [0.15, 0.2) is 5.11 Å². The molecule has 1 aliphatic heterocycles. The van der Waals surface area contributed by atoms with E-state index in [0.717, 1.165) is 37.6 Å². The molecule has 0 bridgehead atoms. The Bertz CT molecular complexity index is 989. The Hall–Kier alpha value is -2.84. The van der Waals surface area contributed by atoms with Crippen molar-refractivity contribution in [3.63, 3.8) is 0 Å². The number of halogens is 1. The van der Waals surface area contributed by atoms with E-state index in [1.165, 1.54) is 13.2 Å². The monoisotopic (exact) mass is 474 g/mol. The number of piperazine rings is 1. The smallest absolute Gasteiger partial charge is 0.261 e. The van der Waals surface area contributed by atoms with Crippen LogP contribution in [0.25, 0.3) is 0 Å². The van der Waals surface area contributed by atoms with Crippen LogP contribution >= 0.6 is 23.8 Å². The predicted molar refractivity (Wildman–Crippen MR) is 132 cm³/mol. The maximum Gasteiger partial charge on any atom is 0.261 e. The second-order valence-corrected chi connectivity index (χ2v) is 8.61. The Morgan fingerprint density at radius 1 is 1.06 bits per heavy atom. The van der Waals surface area contributed by atoms with E-state index in [-0.39, 0.29) is 16.9 Å². The molecular formula is C23H27ClN4O3S. The molecule has 32 heavy (non-hydrogen) atoms. The summed E-state index contributed by atoms with van der Waals surface area (Å²) in [7, 11) is 1.49. The van der Waals surface area contributed by atoms with Crippen molar-refractivity contribution >= 4 is 52.1 Å². The molecule has 0 radical (unpaired) electrons. The first kappa shape index (κ1) is 23.8. The fraction of sp³-hybridized carbons (Fsp3) is 0.348. The van der Waals surface area contributed by atoms with Gasteiger partial charge in [-0.15, -0.1) is 0 Å². The van der Waals surface area contributed by atoms with Gasteiger partial charge in [-0.05, 0) is 54.7 Å². The van der Waals surface area contributed by atoms with Crippen molar-refractivity contribution < 1.29 is 14.3 Å². The summed E-state index contributed by atoms with van der Waals surface area (Å²) >= 11 is 11.3. The molecule has 0 spiro atoms. The topological polar surface area (TPSA) is 73.9 Å². The van der Waals surface area contributed by atoms with E-state index in [9.17, 15) is 9.59 Å². The molecule has 170 valence electrons. The standard InChI is InChI=1S/C23H27ClN4O3S/c1-15(2)22(30)28-12-10-27(11-13-28)18-7-5-17(6-8-18)25-23(32)26-21(29)19-14-16(24)4-9-20(19)31-3/h4-9,14-15H,10-13H2,1-3H3,(H2,25,26,29,32). The highest BCUT2D eigenvalue weighted by atomic mass is 35.5. The number of amides is 2. The highest BCUT2D eigenvalue weighted by molar-refractivity contribution is 7.80. The summed E-state index contributed by atoms with van der Waals surface area (Å²) < 4.78 is 5.21. The predicted octanol–water partition coefficient (Wildman–Crippen LogP) is 3.78. The van der Waals surface area contributed by atoms with E-state index in [1.54, 1.807) is 12.1 Å². The number of anilines is 2. The Kier molecular flexibility index (Phi) is 7.93. The van der Waals surface area contributed by atoms with Gasteiger partial charge in [0.25, 0.3) is 5.91 Å². The summed E-state index contributed by atoms with van der Waals surface area (Å²) in [6.45, 7) is 6.89. The SMILES string of the molecule is COc1ccc(Cl)cc1C(=O)NC(=S)Nc1ccc(N2CCN(C(=O)C(C)C)CC2)cc1. The lowest BCUT2D eigenvalue weighted by atomic mass is 10.1. The van der Waals surface area contributed by atoms with Gasteiger partial charge in [-0.1, -0.05) is 25.4 Å². The number of ether oxygens (including phenoxy) is 1. The highest BCUT2D eigenvalue weighted by Crippen LogP contribution is 2.23. The second-order valence-electron chi connectivity index (χ2n) is 7.77. The van der Waals surface area contributed by atoms with Crippen LogP contribution in [-0.4, -0.2) is 55.1 Å². The fourth-order valence-electron chi connectivity index (χ4n) is 3.50. The van der Waals surface area contributed by atoms with Crippen molar-refractivity contribution in [1.29, 1.82) is 0 Å². The van der Waals surface area contributed by atoms with Crippen molar-refractivity contribution in [2.45, 2.75) is 13.8 Å². The first-order chi connectivity index (χ1) is 15.3. The number of thiocarbonyl (C=S) groups is 1. The Morgan fingerprint density at radius 2 is 1.72 bits per heavy atom. The molecule has 1 saturated heterocycles. The maximum atomic E-state index is 12.5. The highest BCUT2D eigenvalue weighted by Gasteiger charge is 2.23. The lowest BCUT2D eigenvalue weighted by Gasteiger charge is -2.37. The molecule has 0 atom stereocenters. The number of carbonyl (C=O) groups is 2. The minimum atomic E-state index is -0.410. The molecule has 7 nitrogen and oxygen atoms in total. The Labute approximate surface area is 198 Å². The van der Waals surface area contributed by atoms with Crippen LogP contribution in [0, 0.1) is 5.92 Å². The molecule has 1 heterocycles. The first-order valence-electron chi connectivity index (χ1n) is 10.4. The maximum absolute atomic E-state index is 12.5. The van der Waals surface area contributed by atoms with Gasteiger partial charge in [0.1, 0.15) is 5.75 Å². The average molecular weight is 475 g/mol. The third-order valence-corrected chi connectivity index (χ3v) is 5.65. The third-order valence-electron chi connectivity index (χ3n) is 5.21. The number of hydrogen-bond donors (Lipinski definition) is 2. The van der Waals surface area contributed by atoms with Crippen LogP contribution in [-0.2, 0) is 4.79 Å². The fourth-order valence-corrected chi connectivity index (χ4v) is 3.88. The molecule has 0 saturated carbocycles. The number of benzene rings is 2. The van der Waals surface area contributed by atoms with Gasteiger partial charge in [-0.2, -0.15) is 0 Å². The summed E-state index contributed by atoms with van der Waals surface area (Å²) in [6, 6.07) is 12.6. The van der Waals surface area contributed by atoms with E-state index in [1.807, 2.05) is 43.0 Å². The number of hydrogen-bond acceptors (Lipinski definition) is 5. The minimum Gasteiger partial charge on any atom is -0.496 e. The second kappa shape index (κ2) is 10.7. The van der Waals surface area contributed by atoms with Crippen LogP contribution in [0.4, 0.5) is 11.4 Å². The average Bonchev–Trinajstić information content (AvgIpc) is 2.79. The van der Waals surface area contributed by atoms with Gasteiger partial charge in [-0.3, -0.25) is 14.9 Å². The zero-order chi connectivity index (χ0) is 23.3. The molecule has 1 fully saturated rings. The van der Waals surface area contributed by atoms with Gasteiger partial charge in [0.2, 0.25) is 5.91 Å². The lowest BCUT2D eigenvalue weighted by molar-refractivity contribution is -0.134. The van der Waals surface area contributed by atoms with Crippen molar-refractivity contribution in [1.82, 2.24) is 10.2 Å². The largest absolute Gasteiger partial charge is 0.496 e. The molecule has 0 aromatic heterocycles. The van der Waals surface area contributed by atoms with E-state index in [4.69, 9.17) is 28.6 Å². The van der Waals surface area contributed by atoms with E-state index >= 15 is 0 Å². The van der Waals surface area contributed by atoms with Crippen LogP contribution < -0.4 is 20.3 Å². The van der Waals surface area contributed by atoms with Crippen molar-refractivity contribution in [2.24, 2.45) is 5.92 Å².